The molecule has 94 valence electrons. The number of nitrogens with zero attached hydrogens (tertiary/aromatic N) is 3. The van der Waals surface area contributed by atoms with Crippen LogP contribution in [0.4, 0.5) is 5.82 Å². The van der Waals surface area contributed by atoms with Gasteiger partial charge in [-0.15, -0.1) is 5.10 Å². The SMILES string of the molecule is CCNCc1ccc(N2CCC(CC)C2)nn1. The van der Waals surface area contributed by atoms with Gasteiger partial charge in [-0.3, -0.25) is 0 Å². The largest absolute Gasteiger partial charge is 0.355 e. The summed E-state index contributed by atoms with van der Waals surface area (Å²) in [6.45, 7) is 8.39. The number of aromatic nitrogens is 2. The van der Waals surface area contributed by atoms with E-state index in [0.717, 1.165) is 43.6 Å². The van der Waals surface area contributed by atoms with E-state index in [0.29, 0.717) is 0 Å². The van der Waals surface area contributed by atoms with Gasteiger partial charge in [-0.25, -0.2) is 0 Å². The van der Waals surface area contributed by atoms with Crippen LogP contribution in [0.5, 0.6) is 0 Å². The fourth-order valence-electron chi connectivity index (χ4n) is 2.24. The van der Waals surface area contributed by atoms with Gasteiger partial charge in [0.1, 0.15) is 0 Å². The van der Waals surface area contributed by atoms with Crippen LogP contribution in [0.3, 0.4) is 0 Å². The van der Waals surface area contributed by atoms with E-state index in [9.17, 15) is 0 Å². The summed E-state index contributed by atoms with van der Waals surface area (Å²) in [6.07, 6.45) is 2.56. The maximum atomic E-state index is 4.32. The lowest BCUT2D eigenvalue weighted by Gasteiger charge is -2.16. The molecule has 1 aromatic heterocycles. The quantitative estimate of drug-likeness (QED) is 0.844. The van der Waals surface area contributed by atoms with Gasteiger partial charge in [0.05, 0.1) is 5.69 Å². The van der Waals surface area contributed by atoms with Crippen LogP contribution < -0.4 is 10.2 Å². The van der Waals surface area contributed by atoms with Gasteiger partial charge < -0.3 is 10.2 Å². The summed E-state index contributed by atoms with van der Waals surface area (Å²) in [4.78, 5) is 2.35. The topological polar surface area (TPSA) is 41.0 Å². The van der Waals surface area contributed by atoms with Gasteiger partial charge in [0.15, 0.2) is 5.82 Å². The molecule has 0 saturated carbocycles. The second-order valence-corrected chi connectivity index (χ2v) is 4.67. The zero-order chi connectivity index (χ0) is 12.1. The van der Waals surface area contributed by atoms with Crippen molar-refractivity contribution in [3.8, 4) is 0 Å². The Hall–Kier alpha value is -1.16. The zero-order valence-electron chi connectivity index (χ0n) is 10.8. The first-order valence-corrected chi connectivity index (χ1v) is 6.61. The first kappa shape index (κ1) is 12.3. The van der Waals surface area contributed by atoms with Gasteiger partial charge in [0.25, 0.3) is 0 Å². The van der Waals surface area contributed by atoms with Gasteiger partial charge in [-0.05, 0) is 31.0 Å². The van der Waals surface area contributed by atoms with Crippen molar-refractivity contribution >= 4 is 5.82 Å². The standard InChI is InChI=1S/C13H22N4/c1-3-11-7-8-17(10-11)13-6-5-12(15-16-13)9-14-4-2/h5-6,11,14H,3-4,7-10H2,1-2H3. The number of anilines is 1. The minimum absolute atomic E-state index is 0.807. The Morgan fingerprint density at radius 1 is 1.35 bits per heavy atom. The fourth-order valence-corrected chi connectivity index (χ4v) is 2.24. The monoisotopic (exact) mass is 234 g/mol. The molecule has 0 bridgehead atoms. The molecule has 1 fully saturated rings. The predicted molar refractivity (Wildman–Crippen MR) is 70.0 cm³/mol. The van der Waals surface area contributed by atoms with Crippen LogP contribution in [0.25, 0.3) is 0 Å². The molecule has 0 aromatic carbocycles. The number of nitrogens with one attached hydrogen (secondary N) is 1. The number of hydrogen-bond acceptors (Lipinski definition) is 4. The molecule has 0 amide bonds. The Morgan fingerprint density at radius 3 is 2.82 bits per heavy atom. The molecule has 1 aliphatic rings. The Bertz CT molecular complexity index is 336. The van der Waals surface area contributed by atoms with E-state index < -0.39 is 0 Å². The molecule has 1 aromatic rings. The Morgan fingerprint density at radius 2 is 2.24 bits per heavy atom. The van der Waals surface area contributed by atoms with Crippen LogP contribution in [0.15, 0.2) is 12.1 Å². The van der Waals surface area contributed by atoms with Crippen molar-refractivity contribution in [2.24, 2.45) is 5.92 Å². The molecule has 1 atom stereocenters. The third-order valence-corrected chi connectivity index (χ3v) is 3.45. The first-order chi connectivity index (χ1) is 8.33. The van der Waals surface area contributed by atoms with Crippen molar-refractivity contribution in [2.75, 3.05) is 24.5 Å². The van der Waals surface area contributed by atoms with Gasteiger partial charge in [-0.2, -0.15) is 5.10 Å². The molecule has 0 radical (unpaired) electrons. The second-order valence-electron chi connectivity index (χ2n) is 4.67. The molecule has 1 unspecified atom stereocenters. The van der Waals surface area contributed by atoms with Crippen LogP contribution in [-0.2, 0) is 6.54 Å². The normalized spacial score (nSPS) is 19.9. The fraction of sp³-hybridized carbons (Fsp3) is 0.692. The lowest BCUT2D eigenvalue weighted by Crippen LogP contribution is -2.21. The molecular weight excluding hydrogens is 212 g/mol. The van der Waals surface area contributed by atoms with E-state index in [4.69, 9.17) is 0 Å². The minimum atomic E-state index is 0.807. The smallest absolute Gasteiger partial charge is 0.151 e. The zero-order valence-corrected chi connectivity index (χ0v) is 10.8. The first-order valence-electron chi connectivity index (χ1n) is 6.61. The van der Waals surface area contributed by atoms with E-state index in [1.165, 1.54) is 12.8 Å². The summed E-state index contributed by atoms with van der Waals surface area (Å²) in [5.41, 5.74) is 1.02. The predicted octanol–water partition coefficient (Wildman–Crippen LogP) is 1.82. The van der Waals surface area contributed by atoms with Crippen molar-refractivity contribution in [3.05, 3.63) is 17.8 Å². The van der Waals surface area contributed by atoms with Crippen molar-refractivity contribution in [1.29, 1.82) is 0 Å². The van der Waals surface area contributed by atoms with Crippen molar-refractivity contribution in [1.82, 2.24) is 15.5 Å². The summed E-state index contributed by atoms with van der Waals surface area (Å²) in [5, 5.41) is 11.8. The van der Waals surface area contributed by atoms with Gasteiger partial charge in [0.2, 0.25) is 0 Å². The lowest BCUT2D eigenvalue weighted by atomic mass is 10.1. The molecule has 1 aliphatic heterocycles. The minimum Gasteiger partial charge on any atom is -0.355 e. The summed E-state index contributed by atoms with van der Waals surface area (Å²) < 4.78 is 0. The Kier molecular flexibility index (Phi) is 4.31. The number of hydrogen-bond donors (Lipinski definition) is 1. The van der Waals surface area contributed by atoms with Crippen molar-refractivity contribution < 1.29 is 0 Å². The molecule has 0 spiro atoms. The highest BCUT2D eigenvalue weighted by Gasteiger charge is 2.21. The highest BCUT2D eigenvalue weighted by Crippen LogP contribution is 2.23. The second kappa shape index (κ2) is 5.96. The molecule has 4 nitrogen and oxygen atoms in total. The molecule has 17 heavy (non-hydrogen) atoms. The lowest BCUT2D eigenvalue weighted by molar-refractivity contribution is 0.568. The van der Waals surface area contributed by atoms with Crippen LogP contribution in [0.2, 0.25) is 0 Å². The van der Waals surface area contributed by atoms with Crippen molar-refractivity contribution in [2.45, 2.75) is 33.2 Å². The van der Waals surface area contributed by atoms with Gasteiger partial charge in [0, 0.05) is 19.6 Å². The molecular formula is C13H22N4. The molecule has 4 heteroatoms. The van der Waals surface area contributed by atoms with Crippen LogP contribution in [0, 0.1) is 5.92 Å². The van der Waals surface area contributed by atoms with Crippen LogP contribution >= 0.6 is 0 Å². The third kappa shape index (κ3) is 3.16. The Balaban J connectivity index is 1.94. The molecule has 2 heterocycles. The average Bonchev–Trinajstić information content (AvgIpc) is 2.86. The third-order valence-electron chi connectivity index (χ3n) is 3.45. The summed E-state index contributed by atoms with van der Waals surface area (Å²) in [6, 6.07) is 4.17. The summed E-state index contributed by atoms with van der Waals surface area (Å²) >= 11 is 0. The molecule has 0 aliphatic carbocycles. The Labute approximate surface area is 103 Å². The molecule has 2 rings (SSSR count). The molecule has 1 N–H and O–H groups in total. The van der Waals surface area contributed by atoms with E-state index >= 15 is 0 Å². The number of rotatable bonds is 5. The summed E-state index contributed by atoms with van der Waals surface area (Å²) in [5.74, 6) is 1.86. The maximum Gasteiger partial charge on any atom is 0.151 e. The van der Waals surface area contributed by atoms with E-state index in [1.807, 2.05) is 0 Å². The van der Waals surface area contributed by atoms with E-state index in [-0.39, 0.29) is 0 Å². The molecule has 1 saturated heterocycles. The van der Waals surface area contributed by atoms with E-state index in [1.54, 1.807) is 0 Å². The van der Waals surface area contributed by atoms with Crippen LogP contribution in [-0.4, -0.2) is 29.8 Å². The summed E-state index contributed by atoms with van der Waals surface area (Å²) in [7, 11) is 0. The van der Waals surface area contributed by atoms with E-state index in [2.05, 4.69) is 46.4 Å². The van der Waals surface area contributed by atoms with Gasteiger partial charge >= 0.3 is 0 Å². The maximum absolute atomic E-state index is 4.32. The van der Waals surface area contributed by atoms with Crippen molar-refractivity contribution in [3.63, 3.8) is 0 Å². The van der Waals surface area contributed by atoms with Crippen LogP contribution in [0.1, 0.15) is 32.4 Å². The van der Waals surface area contributed by atoms with Gasteiger partial charge in [-0.1, -0.05) is 20.3 Å². The highest BCUT2D eigenvalue weighted by atomic mass is 15.3. The highest BCUT2D eigenvalue weighted by molar-refractivity contribution is 5.38. The average molecular weight is 234 g/mol.